The molecule has 0 aliphatic rings. The number of hydrogen-bond donors (Lipinski definition) is 0. The molecule has 0 fully saturated rings. The number of furan rings is 2. The van der Waals surface area contributed by atoms with E-state index in [-0.39, 0.29) is 0 Å². The molecule has 45 heavy (non-hydrogen) atoms. The van der Waals surface area contributed by atoms with Crippen molar-refractivity contribution in [1.82, 2.24) is 4.57 Å². The molecule has 0 N–H and O–H groups in total. The Hall–Kier alpha value is -6.06. The molecule has 3 heteroatoms. The number of nitrogens with zero attached hydrogens (tertiary/aromatic N) is 1. The molecule has 210 valence electrons. The Morgan fingerprint density at radius 3 is 2.00 bits per heavy atom. The van der Waals surface area contributed by atoms with Crippen molar-refractivity contribution in [2.75, 3.05) is 0 Å². The second kappa shape index (κ2) is 9.22. The summed E-state index contributed by atoms with van der Waals surface area (Å²) in [5, 5.41) is 6.94. The van der Waals surface area contributed by atoms with Crippen molar-refractivity contribution < 1.29 is 8.83 Å². The lowest BCUT2D eigenvalue weighted by molar-refractivity contribution is 0.668. The third kappa shape index (κ3) is 3.58. The molecule has 0 unspecified atom stereocenters. The molecule has 0 amide bonds. The van der Waals surface area contributed by atoms with Crippen LogP contribution in [0.2, 0.25) is 0 Å². The quantitative estimate of drug-likeness (QED) is 0.210. The molecule has 10 aromatic rings. The summed E-state index contributed by atoms with van der Waals surface area (Å²) >= 11 is 0. The topological polar surface area (TPSA) is 31.2 Å². The van der Waals surface area contributed by atoms with Gasteiger partial charge in [0, 0.05) is 38.0 Å². The summed E-state index contributed by atoms with van der Waals surface area (Å²) in [6.45, 7) is 0. The van der Waals surface area contributed by atoms with Crippen LogP contribution < -0.4 is 0 Å². The smallest absolute Gasteiger partial charge is 0.136 e. The highest BCUT2D eigenvalue weighted by Gasteiger charge is 2.18. The SMILES string of the molecule is c1ccc(-c2ccc3c(c2)c2ccccc2n3-c2ccc3oc4cccc(-c5ccc6c(c5)oc5ccccc56)c4c3c2)cc1. The van der Waals surface area contributed by atoms with Crippen molar-refractivity contribution in [3.63, 3.8) is 0 Å². The Bertz CT molecular complexity index is 2760. The van der Waals surface area contributed by atoms with Crippen LogP contribution >= 0.6 is 0 Å². The third-order valence-electron chi connectivity index (χ3n) is 9.21. The fraction of sp³-hybridized carbons (Fsp3) is 0. The monoisotopic (exact) mass is 575 g/mol. The zero-order chi connectivity index (χ0) is 29.5. The largest absolute Gasteiger partial charge is 0.456 e. The van der Waals surface area contributed by atoms with Gasteiger partial charge in [0.25, 0.3) is 0 Å². The maximum absolute atomic E-state index is 6.43. The Kier molecular flexibility index (Phi) is 5.00. The maximum atomic E-state index is 6.43. The molecule has 3 aromatic heterocycles. The lowest BCUT2D eigenvalue weighted by Crippen LogP contribution is -1.93. The average molecular weight is 576 g/mol. The van der Waals surface area contributed by atoms with Gasteiger partial charge in [-0.1, -0.05) is 91.0 Å². The lowest BCUT2D eigenvalue weighted by Gasteiger charge is -2.09. The second-order valence-electron chi connectivity index (χ2n) is 11.7. The highest BCUT2D eigenvalue weighted by atomic mass is 16.3. The molecule has 3 heterocycles. The Labute approximate surface area is 258 Å². The molecule has 0 spiro atoms. The van der Waals surface area contributed by atoms with Crippen molar-refractivity contribution in [2.45, 2.75) is 0 Å². The van der Waals surface area contributed by atoms with Crippen molar-refractivity contribution >= 4 is 65.7 Å². The minimum atomic E-state index is 0.873. The van der Waals surface area contributed by atoms with Gasteiger partial charge < -0.3 is 13.4 Å². The Morgan fingerprint density at radius 1 is 0.356 bits per heavy atom. The van der Waals surface area contributed by atoms with Gasteiger partial charge in [-0.3, -0.25) is 0 Å². The minimum Gasteiger partial charge on any atom is -0.456 e. The van der Waals surface area contributed by atoms with E-state index < -0.39 is 0 Å². The van der Waals surface area contributed by atoms with E-state index >= 15 is 0 Å². The van der Waals surface area contributed by atoms with Gasteiger partial charge in [-0.15, -0.1) is 0 Å². The van der Waals surface area contributed by atoms with Crippen LogP contribution in [0.5, 0.6) is 0 Å². The van der Waals surface area contributed by atoms with E-state index in [0.29, 0.717) is 0 Å². The molecular formula is C42H25NO2. The molecule has 0 bridgehead atoms. The molecule has 0 saturated carbocycles. The fourth-order valence-corrected chi connectivity index (χ4v) is 7.15. The lowest BCUT2D eigenvalue weighted by atomic mass is 9.98. The van der Waals surface area contributed by atoms with Gasteiger partial charge in [-0.05, 0) is 82.9 Å². The predicted octanol–water partition coefficient (Wildman–Crippen LogP) is 11.9. The molecule has 7 aromatic carbocycles. The number of aromatic nitrogens is 1. The van der Waals surface area contributed by atoms with Crippen LogP contribution in [0.25, 0.3) is 93.6 Å². The summed E-state index contributed by atoms with van der Waals surface area (Å²) in [7, 11) is 0. The van der Waals surface area contributed by atoms with E-state index in [2.05, 4.69) is 144 Å². The predicted molar refractivity (Wildman–Crippen MR) is 186 cm³/mol. The number of rotatable bonds is 3. The number of hydrogen-bond acceptors (Lipinski definition) is 2. The fourth-order valence-electron chi connectivity index (χ4n) is 7.15. The van der Waals surface area contributed by atoms with Crippen LogP contribution in [0.1, 0.15) is 0 Å². The van der Waals surface area contributed by atoms with E-state index in [1.807, 2.05) is 12.1 Å². The Morgan fingerprint density at radius 2 is 1.07 bits per heavy atom. The summed E-state index contributed by atoms with van der Waals surface area (Å²) in [4.78, 5) is 0. The highest BCUT2D eigenvalue weighted by Crippen LogP contribution is 2.41. The van der Waals surface area contributed by atoms with Crippen LogP contribution in [-0.4, -0.2) is 4.57 Å². The summed E-state index contributed by atoms with van der Waals surface area (Å²) in [6.07, 6.45) is 0. The maximum Gasteiger partial charge on any atom is 0.136 e. The van der Waals surface area contributed by atoms with E-state index in [4.69, 9.17) is 8.83 Å². The van der Waals surface area contributed by atoms with Gasteiger partial charge in [-0.25, -0.2) is 0 Å². The molecule has 0 aliphatic heterocycles. The highest BCUT2D eigenvalue weighted by molar-refractivity contribution is 6.15. The molecule has 0 atom stereocenters. The number of fused-ring (bicyclic) bond motifs is 9. The number of para-hydroxylation sites is 2. The van der Waals surface area contributed by atoms with Crippen LogP contribution in [0, 0.1) is 0 Å². The van der Waals surface area contributed by atoms with E-state index in [0.717, 1.165) is 60.7 Å². The van der Waals surface area contributed by atoms with Crippen molar-refractivity contribution in [3.05, 3.63) is 152 Å². The number of benzene rings is 7. The van der Waals surface area contributed by atoms with Gasteiger partial charge in [0.2, 0.25) is 0 Å². The second-order valence-corrected chi connectivity index (χ2v) is 11.7. The minimum absolute atomic E-state index is 0.873. The standard InChI is InChI=1S/C42H25NO2/c1-2-9-26(10-3-1)27-18-21-37-34(23-27)31-11-4-6-14-36(31)43(37)29-19-22-39-35(25-29)42-30(13-8-16-40(42)44-39)28-17-20-33-32-12-5-7-15-38(32)45-41(33)24-28/h1-25H. The first-order valence-electron chi connectivity index (χ1n) is 15.3. The summed E-state index contributed by atoms with van der Waals surface area (Å²) in [5.41, 5.74) is 11.7. The summed E-state index contributed by atoms with van der Waals surface area (Å²) in [6, 6.07) is 53.7. The van der Waals surface area contributed by atoms with Gasteiger partial charge >= 0.3 is 0 Å². The van der Waals surface area contributed by atoms with Gasteiger partial charge in [0.05, 0.1) is 11.0 Å². The average Bonchev–Trinajstić information content (AvgIpc) is 3.77. The van der Waals surface area contributed by atoms with Gasteiger partial charge in [-0.2, -0.15) is 0 Å². The van der Waals surface area contributed by atoms with E-state index in [9.17, 15) is 0 Å². The van der Waals surface area contributed by atoms with Crippen LogP contribution in [0.3, 0.4) is 0 Å². The first-order valence-corrected chi connectivity index (χ1v) is 15.3. The van der Waals surface area contributed by atoms with E-state index in [1.54, 1.807) is 0 Å². The molecule has 3 nitrogen and oxygen atoms in total. The van der Waals surface area contributed by atoms with Crippen molar-refractivity contribution in [1.29, 1.82) is 0 Å². The summed E-state index contributed by atoms with van der Waals surface area (Å²) in [5.74, 6) is 0. The van der Waals surface area contributed by atoms with E-state index in [1.165, 1.54) is 32.9 Å². The Balaban J connectivity index is 1.20. The zero-order valence-electron chi connectivity index (χ0n) is 24.2. The molecule has 0 radical (unpaired) electrons. The van der Waals surface area contributed by atoms with Crippen molar-refractivity contribution in [3.8, 4) is 27.9 Å². The van der Waals surface area contributed by atoms with Crippen LogP contribution in [-0.2, 0) is 0 Å². The first kappa shape index (κ1) is 24.4. The molecular weight excluding hydrogens is 550 g/mol. The van der Waals surface area contributed by atoms with Crippen molar-refractivity contribution in [2.24, 2.45) is 0 Å². The third-order valence-corrected chi connectivity index (χ3v) is 9.21. The molecule has 0 saturated heterocycles. The first-order chi connectivity index (χ1) is 22.3. The molecule has 0 aliphatic carbocycles. The van der Waals surface area contributed by atoms with Crippen LogP contribution in [0.15, 0.2) is 160 Å². The zero-order valence-corrected chi connectivity index (χ0v) is 24.2. The van der Waals surface area contributed by atoms with Gasteiger partial charge in [0.15, 0.2) is 0 Å². The summed E-state index contributed by atoms with van der Waals surface area (Å²) < 4.78 is 15.1. The van der Waals surface area contributed by atoms with Gasteiger partial charge in [0.1, 0.15) is 22.3 Å². The van der Waals surface area contributed by atoms with Crippen LogP contribution in [0.4, 0.5) is 0 Å². The molecule has 10 rings (SSSR count). The normalized spacial score (nSPS) is 12.0.